The van der Waals surface area contributed by atoms with E-state index in [-0.39, 0.29) is 5.56 Å². The zero-order valence-electron chi connectivity index (χ0n) is 13.0. The highest BCUT2D eigenvalue weighted by Gasteiger charge is 2.15. The van der Waals surface area contributed by atoms with E-state index in [1.165, 1.54) is 0 Å². The molecule has 122 valence electrons. The van der Waals surface area contributed by atoms with E-state index in [1.807, 2.05) is 25.1 Å². The molecule has 2 aromatic rings. The van der Waals surface area contributed by atoms with Gasteiger partial charge in [0, 0.05) is 25.7 Å². The standard InChI is InChI=1S/C17H19ClN2O3/c1-2-20-6-3-5-14(17(20)21)19-11-12-9-13(18)16-15(10-12)22-7-4-8-23-16/h3,5-6,9-10,19H,2,4,7-8,11H2,1H3. The smallest absolute Gasteiger partial charge is 0.273 e. The van der Waals surface area contributed by atoms with E-state index >= 15 is 0 Å². The second kappa shape index (κ2) is 6.96. The van der Waals surface area contributed by atoms with Gasteiger partial charge < -0.3 is 19.4 Å². The third-order valence-corrected chi connectivity index (χ3v) is 3.99. The van der Waals surface area contributed by atoms with Crippen LogP contribution in [0.3, 0.4) is 0 Å². The first-order valence-electron chi connectivity index (χ1n) is 7.70. The average Bonchev–Trinajstić information content (AvgIpc) is 2.80. The molecule has 2 heterocycles. The van der Waals surface area contributed by atoms with Crippen LogP contribution in [0.5, 0.6) is 11.5 Å². The highest BCUT2D eigenvalue weighted by atomic mass is 35.5. The molecule has 1 aliphatic heterocycles. The van der Waals surface area contributed by atoms with Crippen molar-refractivity contribution in [2.45, 2.75) is 26.4 Å². The molecule has 23 heavy (non-hydrogen) atoms. The van der Waals surface area contributed by atoms with Gasteiger partial charge in [0.25, 0.3) is 5.56 Å². The van der Waals surface area contributed by atoms with E-state index in [2.05, 4.69) is 5.32 Å². The van der Waals surface area contributed by atoms with Crippen LogP contribution in [0.15, 0.2) is 35.3 Å². The van der Waals surface area contributed by atoms with Crippen LogP contribution in [0.25, 0.3) is 0 Å². The molecule has 1 aromatic heterocycles. The van der Waals surface area contributed by atoms with Gasteiger partial charge in [-0.2, -0.15) is 0 Å². The molecule has 0 bridgehead atoms. The Kier molecular flexibility index (Phi) is 4.76. The van der Waals surface area contributed by atoms with E-state index < -0.39 is 0 Å². The summed E-state index contributed by atoms with van der Waals surface area (Å²) in [6.07, 6.45) is 2.61. The maximum absolute atomic E-state index is 12.2. The average molecular weight is 335 g/mol. The Morgan fingerprint density at radius 2 is 2.13 bits per heavy atom. The second-order valence-corrected chi connectivity index (χ2v) is 5.73. The zero-order valence-corrected chi connectivity index (χ0v) is 13.7. The summed E-state index contributed by atoms with van der Waals surface area (Å²) in [4.78, 5) is 12.2. The molecule has 5 nitrogen and oxygen atoms in total. The van der Waals surface area contributed by atoms with Crippen LogP contribution in [0.4, 0.5) is 5.69 Å². The van der Waals surface area contributed by atoms with Crippen molar-refractivity contribution < 1.29 is 9.47 Å². The van der Waals surface area contributed by atoms with Gasteiger partial charge in [0.05, 0.1) is 18.2 Å². The molecule has 1 aliphatic rings. The topological polar surface area (TPSA) is 52.5 Å². The fraction of sp³-hybridized carbons (Fsp3) is 0.353. The van der Waals surface area contributed by atoms with E-state index in [0.29, 0.717) is 48.5 Å². The number of fused-ring (bicyclic) bond motifs is 1. The van der Waals surface area contributed by atoms with Gasteiger partial charge in [0.15, 0.2) is 11.5 Å². The Hall–Kier alpha value is -2.14. The maximum atomic E-state index is 12.2. The van der Waals surface area contributed by atoms with Crippen LogP contribution in [0, 0.1) is 0 Å². The number of halogens is 1. The maximum Gasteiger partial charge on any atom is 0.273 e. The Labute approximate surface area is 139 Å². The van der Waals surface area contributed by atoms with Gasteiger partial charge in [-0.05, 0) is 36.8 Å². The molecule has 0 atom stereocenters. The van der Waals surface area contributed by atoms with Gasteiger partial charge in [-0.25, -0.2) is 0 Å². The minimum absolute atomic E-state index is 0.0320. The number of nitrogens with one attached hydrogen (secondary N) is 1. The van der Waals surface area contributed by atoms with E-state index in [1.54, 1.807) is 16.8 Å². The molecule has 6 heteroatoms. The second-order valence-electron chi connectivity index (χ2n) is 5.32. The predicted octanol–water partition coefficient (Wildman–Crippen LogP) is 3.30. The summed E-state index contributed by atoms with van der Waals surface area (Å²) in [6, 6.07) is 7.37. The quantitative estimate of drug-likeness (QED) is 0.932. The molecule has 0 spiro atoms. The largest absolute Gasteiger partial charge is 0.489 e. The first-order valence-corrected chi connectivity index (χ1v) is 8.08. The Morgan fingerprint density at radius 1 is 1.30 bits per heavy atom. The van der Waals surface area contributed by atoms with Crippen LogP contribution < -0.4 is 20.3 Å². The van der Waals surface area contributed by atoms with Crippen LogP contribution >= 0.6 is 11.6 Å². The first kappa shape index (κ1) is 15.7. The van der Waals surface area contributed by atoms with Crippen molar-refractivity contribution in [1.29, 1.82) is 0 Å². The minimum atomic E-state index is -0.0320. The molecule has 1 aromatic carbocycles. The third-order valence-electron chi connectivity index (χ3n) is 3.71. The predicted molar refractivity (Wildman–Crippen MR) is 90.8 cm³/mol. The number of benzene rings is 1. The Morgan fingerprint density at radius 3 is 2.96 bits per heavy atom. The van der Waals surface area contributed by atoms with Crippen LogP contribution in [-0.4, -0.2) is 17.8 Å². The normalized spacial score (nSPS) is 13.5. The summed E-state index contributed by atoms with van der Waals surface area (Å²) < 4.78 is 13.0. The fourth-order valence-electron chi connectivity index (χ4n) is 2.50. The number of rotatable bonds is 4. The minimum Gasteiger partial charge on any atom is -0.489 e. The lowest BCUT2D eigenvalue weighted by molar-refractivity contribution is 0.297. The molecule has 1 N–H and O–H groups in total. The molecule has 0 aliphatic carbocycles. The summed E-state index contributed by atoms with van der Waals surface area (Å²) in [6.45, 7) is 4.28. The molecule has 0 fully saturated rings. The summed E-state index contributed by atoms with van der Waals surface area (Å²) in [5.41, 5.74) is 1.47. The Bertz CT molecular complexity index is 758. The highest BCUT2D eigenvalue weighted by molar-refractivity contribution is 6.32. The molecular weight excluding hydrogens is 316 g/mol. The van der Waals surface area contributed by atoms with Crippen molar-refractivity contribution >= 4 is 17.3 Å². The number of anilines is 1. The first-order chi connectivity index (χ1) is 11.2. The van der Waals surface area contributed by atoms with Crippen LogP contribution in [0.2, 0.25) is 5.02 Å². The van der Waals surface area contributed by atoms with Crippen LogP contribution in [-0.2, 0) is 13.1 Å². The molecule has 0 radical (unpaired) electrons. The monoisotopic (exact) mass is 334 g/mol. The molecular formula is C17H19ClN2O3. The van der Waals surface area contributed by atoms with Gasteiger partial charge in [-0.15, -0.1) is 0 Å². The number of pyridine rings is 1. The Balaban J connectivity index is 1.80. The van der Waals surface area contributed by atoms with Gasteiger partial charge >= 0.3 is 0 Å². The lowest BCUT2D eigenvalue weighted by Crippen LogP contribution is -2.21. The van der Waals surface area contributed by atoms with Crippen molar-refractivity contribution in [2.75, 3.05) is 18.5 Å². The van der Waals surface area contributed by atoms with E-state index in [9.17, 15) is 4.79 Å². The lowest BCUT2D eigenvalue weighted by Gasteiger charge is -2.13. The van der Waals surface area contributed by atoms with Crippen molar-refractivity contribution in [3.63, 3.8) is 0 Å². The number of hydrogen-bond donors (Lipinski definition) is 1. The van der Waals surface area contributed by atoms with Crippen LogP contribution in [0.1, 0.15) is 18.9 Å². The van der Waals surface area contributed by atoms with Gasteiger partial charge in [0.1, 0.15) is 5.69 Å². The highest BCUT2D eigenvalue weighted by Crippen LogP contribution is 2.38. The van der Waals surface area contributed by atoms with E-state index in [4.69, 9.17) is 21.1 Å². The molecule has 0 saturated carbocycles. The molecule has 0 amide bonds. The number of hydrogen-bond acceptors (Lipinski definition) is 4. The van der Waals surface area contributed by atoms with Gasteiger partial charge in [-0.1, -0.05) is 11.6 Å². The SMILES string of the molecule is CCn1cccc(NCc2cc(Cl)c3c(c2)OCCCO3)c1=O. The lowest BCUT2D eigenvalue weighted by atomic mass is 10.2. The van der Waals surface area contributed by atoms with Crippen molar-refractivity contribution in [1.82, 2.24) is 4.57 Å². The number of aryl methyl sites for hydroxylation is 1. The van der Waals surface area contributed by atoms with Crippen molar-refractivity contribution in [2.24, 2.45) is 0 Å². The molecule has 0 unspecified atom stereocenters. The number of nitrogens with zero attached hydrogens (tertiary/aromatic N) is 1. The summed E-state index contributed by atoms with van der Waals surface area (Å²) >= 11 is 6.28. The number of ether oxygens (including phenoxy) is 2. The van der Waals surface area contributed by atoms with Gasteiger partial charge in [-0.3, -0.25) is 4.79 Å². The summed E-state index contributed by atoms with van der Waals surface area (Å²) in [7, 11) is 0. The van der Waals surface area contributed by atoms with Crippen molar-refractivity contribution in [3.05, 3.63) is 51.4 Å². The fourth-order valence-corrected chi connectivity index (χ4v) is 2.79. The third kappa shape index (κ3) is 3.45. The van der Waals surface area contributed by atoms with Gasteiger partial charge in [0.2, 0.25) is 0 Å². The summed E-state index contributed by atoms with van der Waals surface area (Å²) in [5.74, 6) is 1.26. The number of aromatic nitrogens is 1. The molecule has 0 saturated heterocycles. The molecule has 3 rings (SSSR count). The summed E-state index contributed by atoms with van der Waals surface area (Å²) in [5, 5.41) is 3.69. The zero-order chi connectivity index (χ0) is 16.2. The van der Waals surface area contributed by atoms with E-state index in [0.717, 1.165) is 12.0 Å². The van der Waals surface area contributed by atoms with Crippen molar-refractivity contribution in [3.8, 4) is 11.5 Å².